The largest absolute Gasteiger partial charge is 0.381 e. The van der Waals surface area contributed by atoms with Crippen molar-refractivity contribution >= 4 is 17.4 Å². The first-order valence-electron chi connectivity index (χ1n) is 3.02. The third-order valence-electron chi connectivity index (χ3n) is 0.680. The van der Waals surface area contributed by atoms with Crippen molar-refractivity contribution in [2.75, 3.05) is 5.73 Å². The van der Waals surface area contributed by atoms with Gasteiger partial charge in [0.1, 0.15) is 0 Å². The minimum atomic E-state index is 0.257. The Morgan fingerprint density at radius 1 is 1.30 bits per heavy atom. The molecule has 0 unspecified atom stereocenters. The van der Waals surface area contributed by atoms with Gasteiger partial charge in [-0.15, -0.1) is 0 Å². The second kappa shape index (κ2) is 4.99. The van der Waals surface area contributed by atoms with E-state index in [2.05, 4.69) is 9.97 Å². The summed E-state index contributed by atoms with van der Waals surface area (Å²) in [5.41, 5.74) is 5.21. The number of nitrogens with two attached hydrogens (primary N) is 1. The topological polar surface area (TPSA) is 51.8 Å². The van der Waals surface area contributed by atoms with E-state index in [0.717, 1.165) is 0 Å². The summed E-state index contributed by atoms with van der Waals surface area (Å²) in [7, 11) is 0. The molecule has 2 N–H and O–H groups in total. The number of nitrogen functional groups attached to an aromatic ring is 1. The lowest BCUT2D eigenvalue weighted by atomic mass is 10.7. The molecule has 0 spiro atoms. The molecular weight excluding hydrogens is 150 g/mol. The minimum absolute atomic E-state index is 0.257. The Bertz CT molecular complexity index is 169. The van der Waals surface area contributed by atoms with Gasteiger partial charge in [0, 0.05) is 12.4 Å². The molecule has 0 amide bonds. The highest BCUT2D eigenvalue weighted by molar-refractivity contribution is 6.31. The van der Waals surface area contributed by atoms with Crippen molar-refractivity contribution in [3.05, 3.63) is 17.5 Å². The van der Waals surface area contributed by atoms with E-state index >= 15 is 0 Å². The molecule has 0 fully saturated rings. The van der Waals surface area contributed by atoms with Gasteiger partial charge in [-0.3, -0.25) is 0 Å². The average Bonchev–Trinajstić information content (AvgIpc) is 2.00. The lowest BCUT2D eigenvalue weighted by Gasteiger charge is -1.89. The van der Waals surface area contributed by atoms with Gasteiger partial charge in [0.05, 0.1) is 0 Å². The molecule has 1 aromatic rings. The molecule has 3 nitrogen and oxygen atoms in total. The van der Waals surface area contributed by atoms with Crippen molar-refractivity contribution in [1.29, 1.82) is 0 Å². The highest BCUT2D eigenvalue weighted by atomic mass is 35.5. The first-order chi connectivity index (χ1) is 4.80. The van der Waals surface area contributed by atoms with Gasteiger partial charge in [0.15, 0.2) is 11.0 Å². The molecule has 0 aliphatic rings. The number of nitrogens with zero attached hydrogens (tertiary/aromatic N) is 2. The molecule has 0 atom stereocenters. The molecular formula is C6H10ClN3. The van der Waals surface area contributed by atoms with Gasteiger partial charge >= 0.3 is 0 Å². The molecule has 0 aliphatic heterocycles. The van der Waals surface area contributed by atoms with Crippen molar-refractivity contribution in [3.63, 3.8) is 0 Å². The normalized spacial score (nSPS) is 7.90. The van der Waals surface area contributed by atoms with Crippen LogP contribution in [0.5, 0.6) is 0 Å². The zero-order valence-electron chi connectivity index (χ0n) is 6.00. The van der Waals surface area contributed by atoms with Gasteiger partial charge < -0.3 is 5.73 Å². The Labute approximate surface area is 65.2 Å². The molecule has 0 aromatic carbocycles. The van der Waals surface area contributed by atoms with E-state index in [1.165, 1.54) is 12.4 Å². The molecule has 1 heterocycles. The average molecular weight is 160 g/mol. The number of hydrogen-bond acceptors (Lipinski definition) is 3. The maximum atomic E-state index is 5.41. The second-order valence-electron chi connectivity index (χ2n) is 1.23. The van der Waals surface area contributed by atoms with Crippen LogP contribution in [0.1, 0.15) is 13.8 Å². The predicted octanol–water partition coefficient (Wildman–Crippen LogP) is 1.74. The van der Waals surface area contributed by atoms with E-state index in [1.54, 1.807) is 0 Å². The summed E-state index contributed by atoms with van der Waals surface area (Å²) in [4.78, 5) is 7.32. The Balaban J connectivity index is 0.000000371. The van der Waals surface area contributed by atoms with Crippen LogP contribution in [0.15, 0.2) is 12.4 Å². The molecule has 10 heavy (non-hydrogen) atoms. The van der Waals surface area contributed by atoms with Crippen LogP contribution in [0.3, 0.4) is 0 Å². The maximum Gasteiger partial charge on any atom is 0.171 e. The van der Waals surface area contributed by atoms with Crippen LogP contribution < -0.4 is 5.73 Å². The third kappa shape index (κ3) is 2.64. The van der Waals surface area contributed by atoms with Gasteiger partial charge in [-0.1, -0.05) is 25.4 Å². The van der Waals surface area contributed by atoms with Crippen LogP contribution in [-0.4, -0.2) is 9.97 Å². The summed E-state index contributed by atoms with van der Waals surface area (Å²) in [6.07, 6.45) is 2.97. The summed E-state index contributed by atoms with van der Waals surface area (Å²) in [6.45, 7) is 4.00. The van der Waals surface area contributed by atoms with Crippen molar-refractivity contribution in [2.45, 2.75) is 13.8 Å². The molecule has 1 rings (SSSR count). The van der Waals surface area contributed by atoms with Crippen LogP contribution in [0.25, 0.3) is 0 Å². The Morgan fingerprint density at radius 2 is 1.80 bits per heavy atom. The number of anilines is 1. The number of hydrogen-bond donors (Lipinski definition) is 1. The lowest BCUT2D eigenvalue weighted by Crippen LogP contribution is -1.90. The predicted molar refractivity (Wildman–Crippen MR) is 42.8 cm³/mol. The van der Waals surface area contributed by atoms with E-state index in [-0.39, 0.29) is 11.0 Å². The summed E-state index contributed by atoms with van der Waals surface area (Å²) in [5, 5.41) is 0.257. The zero-order valence-corrected chi connectivity index (χ0v) is 6.76. The minimum Gasteiger partial charge on any atom is -0.381 e. The van der Waals surface area contributed by atoms with E-state index in [4.69, 9.17) is 17.3 Å². The fourth-order valence-corrected chi connectivity index (χ4v) is 0.437. The first-order valence-corrected chi connectivity index (χ1v) is 3.40. The van der Waals surface area contributed by atoms with Crippen molar-refractivity contribution < 1.29 is 0 Å². The number of aromatic nitrogens is 2. The Hall–Kier alpha value is -0.830. The molecule has 56 valence electrons. The van der Waals surface area contributed by atoms with Crippen molar-refractivity contribution in [2.24, 2.45) is 0 Å². The van der Waals surface area contributed by atoms with Crippen LogP contribution in [0.4, 0.5) is 5.82 Å². The lowest BCUT2D eigenvalue weighted by molar-refractivity contribution is 1.21. The van der Waals surface area contributed by atoms with E-state index in [0.29, 0.717) is 0 Å². The van der Waals surface area contributed by atoms with Gasteiger partial charge in [-0.05, 0) is 0 Å². The molecule has 0 saturated heterocycles. The van der Waals surface area contributed by atoms with Gasteiger partial charge in [0.2, 0.25) is 0 Å². The fraction of sp³-hybridized carbons (Fsp3) is 0.333. The fourth-order valence-electron chi connectivity index (χ4n) is 0.332. The smallest absolute Gasteiger partial charge is 0.171 e. The quantitative estimate of drug-likeness (QED) is 0.628. The van der Waals surface area contributed by atoms with Crippen molar-refractivity contribution in [1.82, 2.24) is 9.97 Å². The van der Waals surface area contributed by atoms with Gasteiger partial charge in [-0.2, -0.15) is 0 Å². The molecule has 0 radical (unpaired) electrons. The molecule has 1 aromatic heterocycles. The zero-order chi connectivity index (χ0) is 7.98. The Kier molecular flexibility index (Phi) is 4.58. The highest BCUT2D eigenvalue weighted by Crippen LogP contribution is 2.07. The maximum absolute atomic E-state index is 5.41. The van der Waals surface area contributed by atoms with Gasteiger partial charge in [-0.25, -0.2) is 9.97 Å². The third-order valence-corrected chi connectivity index (χ3v) is 0.971. The van der Waals surface area contributed by atoms with E-state index in [1.807, 2.05) is 13.8 Å². The summed E-state index contributed by atoms with van der Waals surface area (Å²) in [5.74, 6) is 0.272. The van der Waals surface area contributed by atoms with E-state index in [9.17, 15) is 0 Å². The molecule has 0 saturated carbocycles. The summed E-state index contributed by atoms with van der Waals surface area (Å²) >= 11 is 5.41. The van der Waals surface area contributed by atoms with Crippen LogP contribution >= 0.6 is 11.6 Å². The summed E-state index contributed by atoms with van der Waals surface area (Å²) in [6, 6.07) is 0. The number of rotatable bonds is 0. The van der Waals surface area contributed by atoms with E-state index < -0.39 is 0 Å². The highest BCUT2D eigenvalue weighted by Gasteiger charge is 1.91. The summed E-state index contributed by atoms with van der Waals surface area (Å²) < 4.78 is 0. The standard InChI is InChI=1S/C4H4ClN3.C2H6/c5-3-4(6)8-2-1-7-3;1-2/h1-2H,(H2,6,8);1-2H3. The first kappa shape index (κ1) is 9.17. The Morgan fingerprint density at radius 3 is 2.10 bits per heavy atom. The monoisotopic (exact) mass is 159 g/mol. The van der Waals surface area contributed by atoms with Crippen molar-refractivity contribution in [3.8, 4) is 0 Å². The molecule has 4 heteroatoms. The molecule has 0 aliphatic carbocycles. The van der Waals surface area contributed by atoms with Gasteiger partial charge in [0.25, 0.3) is 0 Å². The van der Waals surface area contributed by atoms with Crippen LogP contribution in [0, 0.1) is 0 Å². The van der Waals surface area contributed by atoms with Crippen LogP contribution in [0.2, 0.25) is 5.15 Å². The second-order valence-corrected chi connectivity index (χ2v) is 1.59. The molecule has 0 bridgehead atoms. The van der Waals surface area contributed by atoms with Crippen LogP contribution in [-0.2, 0) is 0 Å². The number of halogens is 1. The SMILES string of the molecule is CC.Nc1nccnc1Cl.